The molecule has 2 aliphatic carbocycles. The first-order valence-electron chi connectivity index (χ1n) is 15.3. The Bertz CT molecular complexity index is 1530. The Labute approximate surface area is 243 Å². The quantitative estimate of drug-likeness (QED) is 0.155. The molecule has 1 unspecified atom stereocenters. The van der Waals surface area contributed by atoms with Gasteiger partial charge in [0.2, 0.25) is 5.95 Å². The molecular weight excluding hydrogens is 529 g/mol. The van der Waals surface area contributed by atoms with Crippen molar-refractivity contribution in [1.29, 1.82) is 0 Å². The van der Waals surface area contributed by atoms with Gasteiger partial charge in [0.25, 0.3) is 0 Å². The average molecular weight is 572 g/mol. The van der Waals surface area contributed by atoms with Crippen molar-refractivity contribution in [3.63, 3.8) is 0 Å². The number of aromatic nitrogens is 5. The summed E-state index contributed by atoms with van der Waals surface area (Å²) in [6, 6.07) is 7.65. The number of aliphatic hydroxyl groups excluding tert-OH is 1. The lowest BCUT2D eigenvalue weighted by Crippen LogP contribution is -2.51. The molecule has 0 bridgehead atoms. The third-order valence-electron chi connectivity index (χ3n) is 9.55. The molecule has 8 heteroatoms. The molecule has 6 rings (SSSR count). The maximum atomic E-state index is 15.6. The number of fused-ring (bicyclic) bond motifs is 1. The fourth-order valence-electron chi connectivity index (χ4n) is 7.44. The van der Waals surface area contributed by atoms with Gasteiger partial charge in [-0.25, -0.2) is 15.0 Å². The molecule has 6 nitrogen and oxygen atoms in total. The van der Waals surface area contributed by atoms with E-state index in [9.17, 15) is 5.11 Å². The molecule has 0 spiro atoms. The van der Waals surface area contributed by atoms with Gasteiger partial charge in [0.15, 0.2) is 8.24 Å². The van der Waals surface area contributed by atoms with Gasteiger partial charge in [-0.05, 0) is 66.1 Å². The summed E-state index contributed by atoms with van der Waals surface area (Å²) in [7, 11) is -2.20. The topological polar surface area (TPSA) is 76.7 Å². The number of hydrogen-bond donors (Lipinski definition) is 1. The summed E-state index contributed by atoms with van der Waals surface area (Å²) < 4.78 is 18.1. The van der Waals surface area contributed by atoms with Crippen LogP contribution in [0.4, 0.5) is 4.39 Å². The van der Waals surface area contributed by atoms with Crippen molar-refractivity contribution in [2.75, 3.05) is 0 Å². The van der Waals surface area contributed by atoms with Crippen LogP contribution in [-0.2, 0) is 6.42 Å². The predicted octanol–water partition coefficient (Wildman–Crippen LogP) is 7.81. The lowest BCUT2D eigenvalue weighted by atomic mass is 10.00. The van der Waals surface area contributed by atoms with Crippen molar-refractivity contribution in [3.05, 3.63) is 82.7 Å². The molecule has 2 fully saturated rings. The monoisotopic (exact) mass is 571 g/mol. The standard InChI is InChI=1S/C33H42FN5OSi/c1-19(2)41(20(3)4,21(5)6)39-17-27(29-30(24-10-11-24)36-18-37-33(29)39)31(40)26-13-12-25(38-32(26)34)15-22-7-14-28(35-16-22)23-8-9-23/h7,12-14,16-21,23-24,31,40H,8-11,15H2,1-6H3. The molecule has 0 aliphatic heterocycles. The highest BCUT2D eigenvalue weighted by molar-refractivity contribution is 6.82. The zero-order chi connectivity index (χ0) is 29.1. The molecule has 0 radical (unpaired) electrons. The van der Waals surface area contributed by atoms with Crippen molar-refractivity contribution in [3.8, 4) is 0 Å². The first-order chi connectivity index (χ1) is 19.6. The number of halogens is 1. The Morgan fingerprint density at radius 2 is 1.56 bits per heavy atom. The van der Waals surface area contributed by atoms with E-state index in [1.807, 2.05) is 12.3 Å². The molecule has 4 aromatic heterocycles. The van der Waals surface area contributed by atoms with E-state index in [0.29, 0.717) is 46.1 Å². The molecular formula is C33H42FN5OSi. The molecule has 0 aromatic carbocycles. The third-order valence-corrected chi connectivity index (χ3v) is 16.3. The minimum absolute atomic E-state index is 0.187. The van der Waals surface area contributed by atoms with Gasteiger partial charge in [-0.3, -0.25) is 4.98 Å². The van der Waals surface area contributed by atoms with Crippen LogP contribution in [0.15, 0.2) is 43.0 Å². The highest BCUT2D eigenvalue weighted by Gasteiger charge is 2.47. The van der Waals surface area contributed by atoms with Gasteiger partial charge in [0.1, 0.15) is 18.1 Å². The normalized spacial score (nSPS) is 16.9. The molecule has 41 heavy (non-hydrogen) atoms. The predicted molar refractivity (Wildman–Crippen MR) is 163 cm³/mol. The third kappa shape index (κ3) is 4.93. The van der Waals surface area contributed by atoms with Crippen LogP contribution in [0.3, 0.4) is 0 Å². The van der Waals surface area contributed by atoms with Crippen LogP contribution in [0.25, 0.3) is 11.0 Å². The minimum atomic E-state index is -2.20. The smallest absolute Gasteiger partial charge is 0.219 e. The first kappa shape index (κ1) is 28.2. The van der Waals surface area contributed by atoms with Crippen molar-refractivity contribution in [2.24, 2.45) is 0 Å². The van der Waals surface area contributed by atoms with Crippen LogP contribution in [0.1, 0.15) is 119 Å². The van der Waals surface area contributed by atoms with E-state index >= 15 is 4.39 Å². The summed E-state index contributed by atoms with van der Waals surface area (Å²) in [6.07, 6.45) is 9.55. The van der Waals surface area contributed by atoms with Crippen LogP contribution < -0.4 is 0 Å². The maximum Gasteiger partial charge on any atom is 0.219 e. The van der Waals surface area contributed by atoms with Gasteiger partial charge in [-0.15, -0.1) is 0 Å². The molecule has 216 valence electrons. The average Bonchev–Trinajstić information content (AvgIpc) is 3.86. The van der Waals surface area contributed by atoms with Crippen molar-refractivity contribution in [2.45, 2.75) is 108 Å². The summed E-state index contributed by atoms with van der Waals surface area (Å²) in [6.45, 7) is 13.9. The van der Waals surface area contributed by atoms with Crippen molar-refractivity contribution < 1.29 is 9.50 Å². The highest BCUT2D eigenvalue weighted by atomic mass is 28.3. The summed E-state index contributed by atoms with van der Waals surface area (Å²) in [5.74, 6) is 0.329. The zero-order valence-corrected chi connectivity index (χ0v) is 26.1. The van der Waals surface area contributed by atoms with Gasteiger partial charge in [0, 0.05) is 58.6 Å². The number of aliphatic hydroxyl groups is 1. The number of pyridine rings is 2. The van der Waals surface area contributed by atoms with Crippen LogP contribution >= 0.6 is 0 Å². The second-order valence-electron chi connectivity index (χ2n) is 13.2. The summed E-state index contributed by atoms with van der Waals surface area (Å²) in [4.78, 5) is 18.4. The van der Waals surface area contributed by atoms with Crippen LogP contribution in [0.5, 0.6) is 0 Å². The fourth-order valence-corrected chi connectivity index (χ4v) is 14.0. The van der Waals surface area contributed by atoms with Crippen LogP contribution in [-0.4, -0.2) is 37.5 Å². The van der Waals surface area contributed by atoms with E-state index in [-0.39, 0.29) is 5.56 Å². The minimum Gasteiger partial charge on any atom is -0.383 e. The number of nitrogens with zero attached hydrogens (tertiary/aromatic N) is 5. The number of hydrogen-bond acceptors (Lipinski definition) is 5. The lowest BCUT2D eigenvalue weighted by Gasteiger charge is -2.44. The van der Waals surface area contributed by atoms with E-state index in [1.165, 1.54) is 12.8 Å². The van der Waals surface area contributed by atoms with Crippen molar-refractivity contribution in [1.82, 2.24) is 24.2 Å². The van der Waals surface area contributed by atoms with Gasteiger partial charge >= 0.3 is 0 Å². The SMILES string of the molecule is CC(C)[Si](C(C)C)(C(C)C)n1cc(C(O)c2ccc(Cc3ccc(C4CC4)nc3)nc2F)c2c(C3CC3)ncnc21. The van der Waals surface area contributed by atoms with Gasteiger partial charge in [0.05, 0.1) is 5.69 Å². The first-order valence-corrected chi connectivity index (χ1v) is 17.4. The molecule has 4 heterocycles. The number of rotatable bonds is 10. The maximum absolute atomic E-state index is 15.6. The molecule has 2 aliphatic rings. The summed E-state index contributed by atoms with van der Waals surface area (Å²) in [5, 5.41) is 12.7. The highest BCUT2D eigenvalue weighted by Crippen LogP contribution is 2.48. The molecule has 1 atom stereocenters. The van der Waals surface area contributed by atoms with E-state index < -0.39 is 20.3 Å². The Balaban J connectivity index is 1.41. The van der Waals surface area contributed by atoms with Crippen LogP contribution in [0.2, 0.25) is 16.6 Å². The van der Waals surface area contributed by atoms with E-state index in [2.05, 4.69) is 74.1 Å². The van der Waals surface area contributed by atoms with Gasteiger partial charge < -0.3 is 9.34 Å². The van der Waals surface area contributed by atoms with E-state index in [1.54, 1.807) is 12.4 Å². The Kier molecular flexibility index (Phi) is 7.35. The zero-order valence-electron chi connectivity index (χ0n) is 25.1. The Morgan fingerprint density at radius 1 is 0.878 bits per heavy atom. The molecule has 0 amide bonds. The second-order valence-corrected chi connectivity index (χ2v) is 18.9. The van der Waals surface area contributed by atoms with Gasteiger partial charge in [-0.1, -0.05) is 47.6 Å². The summed E-state index contributed by atoms with van der Waals surface area (Å²) in [5.41, 5.74) is 6.81. The fraction of sp³-hybridized carbons (Fsp3) is 0.515. The molecule has 0 saturated heterocycles. The van der Waals surface area contributed by atoms with E-state index in [0.717, 1.165) is 40.8 Å². The Morgan fingerprint density at radius 3 is 2.12 bits per heavy atom. The lowest BCUT2D eigenvalue weighted by molar-refractivity contribution is 0.215. The largest absolute Gasteiger partial charge is 0.383 e. The molecule has 2 saturated carbocycles. The second kappa shape index (κ2) is 10.7. The molecule has 4 aromatic rings. The van der Waals surface area contributed by atoms with E-state index in [4.69, 9.17) is 9.97 Å². The summed E-state index contributed by atoms with van der Waals surface area (Å²) >= 11 is 0. The molecule has 1 N–H and O–H groups in total. The van der Waals surface area contributed by atoms with Crippen molar-refractivity contribution >= 4 is 19.3 Å². The Hall–Kier alpha value is -2.97. The van der Waals surface area contributed by atoms with Gasteiger partial charge in [-0.2, -0.15) is 4.39 Å². The van der Waals surface area contributed by atoms with Crippen LogP contribution in [0, 0.1) is 5.95 Å².